The Hall–Kier alpha value is -0.620. The number of piperidine rings is 1. The van der Waals surface area contributed by atoms with Gasteiger partial charge in [0.25, 0.3) is 0 Å². The maximum Gasteiger partial charge on any atom is 0.119 e. The number of benzene rings is 1. The van der Waals surface area contributed by atoms with E-state index in [0.29, 0.717) is 12.6 Å². The number of hydrogen-bond acceptors (Lipinski definition) is 4. The van der Waals surface area contributed by atoms with Crippen LogP contribution in [-0.2, 0) is 6.42 Å². The first-order valence-corrected chi connectivity index (χ1v) is 13.3. The van der Waals surface area contributed by atoms with Crippen LogP contribution in [0.3, 0.4) is 0 Å². The smallest absolute Gasteiger partial charge is 0.119 e. The van der Waals surface area contributed by atoms with Gasteiger partial charge in [-0.1, -0.05) is 22.9 Å². The molecule has 176 valence electrons. The summed E-state index contributed by atoms with van der Waals surface area (Å²) in [6.07, 6.45) is 11.9. The van der Waals surface area contributed by atoms with Gasteiger partial charge in [0, 0.05) is 17.1 Å². The van der Waals surface area contributed by atoms with Crippen molar-refractivity contribution in [3.05, 3.63) is 28.2 Å². The molecule has 3 rings (SSSR count). The van der Waals surface area contributed by atoms with E-state index in [1.807, 2.05) is 6.07 Å². The molecule has 0 bridgehead atoms. The van der Waals surface area contributed by atoms with Crippen molar-refractivity contribution in [1.29, 1.82) is 0 Å². The lowest BCUT2D eigenvalue weighted by Gasteiger charge is -2.36. The molecular formula is C26H43BrN2O2. The summed E-state index contributed by atoms with van der Waals surface area (Å²) in [6, 6.07) is 7.03. The third-order valence-electron chi connectivity index (χ3n) is 7.68. The number of hydrogen-bond donors (Lipinski definition) is 1. The fraction of sp³-hybridized carbons (Fsp3) is 0.769. The molecule has 1 N–H and O–H groups in total. The van der Waals surface area contributed by atoms with Crippen molar-refractivity contribution >= 4 is 15.9 Å². The average molecular weight is 496 g/mol. The fourth-order valence-electron chi connectivity index (χ4n) is 5.69. The van der Waals surface area contributed by atoms with Gasteiger partial charge >= 0.3 is 0 Å². The number of rotatable bonds is 11. The fourth-order valence-corrected chi connectivity index (χ4v) is 6.10. The number of halogens is 1. The highest BCUT2D eigenvalue weighted by atomic mass is 79.9. The molecule has 31 heavy (non-hydrogen) atoms. The van der Waals surface area contributed by atoms with Crippen molar-refractivity contribution < 1.29 is 9.84 Å². The number of likely N-dealkylation sites (tertiary alicyclic amines) is 1. The first kappa shape index (κ1) is 25.0. The van der Waals surface area contributed by atoms with Crippen LogP contribution in [0.4, 0.5) is 0 Å². The van der Waals surface area contributed by atoms with E-state index in [-0.39, 0.29) is 0 Å². The van der Waals surface area contributed by atoms with E-state index in [2.05, 4.69) is 44.8 Å². The summed E-state index contributed by atoms with van der Waals surface area (Å²) in [5.74, 6) is 2.67. The second-order valence-electron chi connectivity index (χ2n) is 9.62. The van der Waals surface area contributed by atoms with Gasteiger partial charge in [-0.2, -0.15) is 0 Å². The summed E-state index contributed by atoms with van der Waals surface area (Å²) in [6.45, 7) is 8.22. The summed E-state index contributed by atoms with van der Waals surface area (Å²) >= 11 is 3.71. The lowest BCUT2D eigenvalue weighted by Crippen LogP contribution is -2.39. The maximum atomic E-state index is 9.26. The van der Waals surface area contributed by atoms with Gasteiger partial charge in [0.1, 0.15) is 5.75 Å². The van der Waals surface area contributed by atoms with Crippen LogP contribution < -0.4 is 4.74 Å². The lowest BCUT2D eigenvalue weighted by atomic mass is 9.82. The Morgan fingerprint density at radius 3 is 2.48 bits per heavy atom. The third kappa shape index (κ3) is 7.73. The van der Waals surface area contributed by atoms with Gasteiger partial charge in [-0.25, -0.2) is 0 Å². The molecule has 2 aliphatic rings. The Bertz CT molecular complexity index is 640. The van der Waals surface area contributed by atoms with Crippen LogP contribution in [0.1, 0.15) is 63.9 Å². The zero-order chi connectivity index (χ0) is 22.1. The minimum Gasteiger partial charge on any atom is -0.497 e. The van der Waals surface area contributed by atoms with E-state index in [9.17, 15) is 5.11 Å². The van der Waals surface area contributed by atoms with E-state index < -0.39 is 0 Å². The number of likely N-dealkylation sites (N-methyl/N-ethyl adjacent to an activating group) is 1. The molecule has 1 saturated carbocycles. The Morgan fingerprint density at radius 2 is 1.84 bits per heavy atom. The molecule has 0 atom stereocenters. The van der Waals surface area contributed by atoms with Crippen molar-refractivity contribution in [1.82, 2.24) is 9.80 Å². The van der Waals surface area contributed by atoms with Crippen LogP contribution in [0.25, 0.3) is 0 Å². The highest BCUT2D eigenvalue weighted by molar-refractivity contribution is 9.10. The van der Waals surface area contributed by atoms with Crippen LogP contribution in [0.2, 0.25) is 0 Å². The Morgan fingerprint density at radius 1 is 1.10 bits per heavy atom. The van der Waals surface area contributed by atoms with E-state index in [1.165, 1.54) is 81.0 Å². The molecule has 0 aromatic heterocycles. The van der Waals surface area contributed by atoms with Crippen LogP contribution in [0.15, 0.2) is 22.7 Å². The van der Waals surface area contributed by atoms with Gasteiger partial charge in [-0.3, -0.25) is 4.90 Å². The van der Waals surface area contributed by atoms with Crippen LogP contribution in [-0.4, -0.2) is 67.4 Å². The largest absolute Gasteiger partial charge is 0.497 e. The van der Waals surface area contributed by atoms with Crippen molar-refractivity contribution in [3.63, 3.8) is 0 Å². The number of nitrogens with zero attached hydrogens (tertiary/aromatic N) is 2. The van der Waals surface area contributed by atoms with E-state index in [0.717, 1.165) is 37.1 Å². The predicted octanol–water partition coefficient (Wildman–Crippen LogP) is 5.37. The standard InChI is InChI=1S/C26H43BrN2O2/c1-3-29(17-18-30)24-8-6-21(7-9-24)5-4-14-28-15-12-22(13-16-28)19-23-20-25(31-2)10-11-26(23)27/h10-11,20-22,24,30H,3-9,12-19H2,1-2H3/t21-,24-. The maximum absolute atomic E-state index is 9.26. The zero-order valence-corrected chi connectivity index (χ0v) is 21.3. The van der Waals surface area contributed by atoms with Gasteiger partial charge in [0.05, 0.1) is 13.7 Å². The highest BCUT2D eigenvalue weighted by Gasteiger charge is 2.25. The molecule has 1 aromatic carbocycles. The van der Waals surface area contributed by atoms with Gasteiger partial charge in [-0.05, 0) is 120 Å². The Kier molecular flexibility index (Phi) is 10.6. The monoisotopic (exact) mass is 494 g/mol. The minimum atomic E-state index is 0.293. The number of aliphatic hydroxyl groups is 1. The number of methoxy groups -OCH3 is 1. The molecule has 2 fully saturated rings. The van der Waals surface area contributed by atoms with E-state index >= 15 is 0 Å². The van der Waals surface area contributed by atoms with Crippen LogP contribution >= 0.6 is 15.9 Å². The molecule has 1 aliphatic carbocycles. The molecule has 0 radical (unpaired) electrons. The Labute approximate surface area is 198 Å². The molecule has 0 spiro atoms. The van der Waals surface area contributed by atoms with Gasteiger partial charge < -0.3 is 14.7 Å². The first-order valence-electron chi connectivity index (χ1n) is 12.5. The highest BCUT2D eigenvalue weighted by Crippen LogP contribution is 2.31. The molecule has 5 heteroatoms. The molecular weight excluding hydrogens is 452 g/mol. The molecule has 0 amide bonds. The minimum absolute atomic E-state index is 0.293. The molecule has 4 nitrogen and oxygen atoms in total. The van der Waals surface area contributed by atoms with Crippen molar-refractivity contribution in [2.45, 2.75) is 70.8 Å². The first-order chi connectivity index (χ1) is 15.1. The topological polar surface area (TPSA) is 35.9 Å². The van der Waals surface area contributed by atoms with Crippen LogP contribution in [0, 0.1) is 11.8 Å². The quantitative estimate of drug-likeness (QED) is 0.448. The summed E-state index contributed by atoms with van der Waals surface area (Å²) in [5, 5.41) is 9.26. The van der Waals surface area contributed by atoms with E-state index in [1.54, 1.807) is 7.11 Å². The number of aliphatic hydroxyl groups excluding tert-OH is 1. The van der Waals surface area contributed by atoms with Gasteiger partial charge in [-0.15, -0.1) is 0 Å². The molecule has 0 unspecified atom stereocenters. The molecule has 1 heterocycles. The van der Waals surface area contributed by atoms with Crippen molar-refractivity contribution in [3.8, 4) is 5.75 Å². The normalized spacial score (nSPS) is 23.4. The van der Waals surface area contributed by atoms with Crippen LogP contribution in [0.5, 0.6) is 5.75 Å². The summed E-state index contributed by atoms with van der Waals surface area (Å²) in [5.41, 5.74) is 1.38. The number of ether oxygens (including phenoxy) is 1. The third-order valence-corrected chi connectivity index (χ3v) is 8.46. The van der Waals surface area contributed by atoms with Crippen molar-refractivity contribution in [2.24, 2.45) is 11.8 Å². The average Bonchev–Trinajstić information content (AvgIpc) is 2.80. The van der Waals surface area contributed by atoms with Gasteiger partial charge in [0.15, 0.2) is 0 Å². The summed E-state index contributed by atoms with van der Waals surface area (Å²) in [7, 11) is 1.74. The second-order valence-corrected chi connectivity index (χ2v) is 10.5. The zero-order valence-electron chi connectivity index (χ0n) is 19.7. The molecule has 1 aliphatic heterocycles. The Balaban J connectivity index is 1.31. The van der Waals surface area contributed by atoms with E-state index in [4.69, 9.17) is 4.74 Å². The molecule has 1 aromatic rings. The SMILES string of the molecule is CCN(CCO)[C@H]1CC[C@H](CCCN2CCC(Cc3cc(OC)ccc3Br)CC2)CC1. The summed E-state index contributed by atoms with van der Waals surface area (Å²) < 4.78 is 6.61. The second kappa shape index (κ2) is 13.2. The molecule has 1 saturated heterocycles. The predicted molar refractivity (Wildman–Crippen MR) is 133 cm³/mol. The van der Waals surface area contributed by atoms with Crippen molar-refractivity contribution in [2.75, 3.05) is 46.4 Å². The van der Waals surface area contributed by atoms with Gasteiger partial charge in [0.2, 0.25) is 0 Å². The summed E-state index contributed by atoms with van der Waals surface area (Å²) in [4.78, 5) is 5.17. The lowest BCUT2D eigenvalue weighted by molar-refractivity contribution is 0.112.